The van der Waals surface area contributed by atoms with Gasteiger partial charge in [-0.15, -0.1) is 0 Å². The number of hydrogen-bond donors (Lipinski definition) is 1. The third kappa shape index (κ3) is 2.84. The summed E-state index contributed by atoms with van der Waals surface area (Å²) in [5.74, 6) is 1.34. The molecule has 3 rings (SSSR count). The number of aromatic nitrogens is 2. The smallest absolute Gasteiger partial charge is 0.279 e. The third-order valence-corrected chi connectivity index (χ3v) is 3.76. The van der Waals surface area contributed by atoms with Gasteiger partial charge in [0.25, 0.3) is 5.56 Å². The Morgan fingerprint density at radius 3 is 2.50 bits per heavy atom. The predicted octanol–water partition coefficient (Wildman–Crippen LogP) is 1.42. The minimum Gasteiger partial charge on any atom is -0.497 e. The lowest BCUT2D eigenvalue weighted by atomic mass is 10.1. The van der Waals surface area contributed by atoms with Crippen LogP contribution in [0.25, 0.3) is 18.3 Å². The van der Waals surface area contributed by atoms with E-state index in [1.54, 1.807) is 32.4 Å². The fourth-order valence-corrected chi connectivity index (χ4v) is 2.51. The zero-order valence-corrected chi connectivity index (χ0v) is 13.6. The van der Waals surface area contributed by atoms with E-state index in [-0.39, 0.29) is 5.56 Å². The highest BCUT2D eigenvalue weighted by Gasteiger charge is 2.07. The fourth-order valence-electron chi connectivity index (χ4n) is 2.51. The summed E-state index contributed by atoms with van der Waals surface area (Å²) in [7, 11) is 3.18. The van der Waals surface area contributed by atoms with E-state index in [1.807, 2.05) is 36.4 Å². The number of benzene rings is 2. The summed E-state index contributed by atoms with van der Waals surface area (Å²) in [4.78, 5) is 12.7. The minimum absolute atomic E-state index is 0.170. The van der Waals surface area contributed by atoms with Gasteiger partial charge in [0.15, 0.2) is 0 Å². The van der Waals surface area contributed by atoms with Crippen LogP contribution in [-0.4, -0.2) is 24.0 Å². The van der Waals surface area contributed by atoms with E-state index >= 15 is 0 Å². The lowest BCUT2D eigenvalue weighted by Gasteiger charge is -2.06. The first-order chi connectivity index (χ1) is 11.6. The standard InChI is InChI=1S/C19H18N2O3/c1-13-17(12-14-11-16(23-2)9-10-18(14)24-3)19(22)21(20-13)15-7-5-4-6-8-15/h4-12,20H,1H2,2-3H3. The second-order valence-corrected chi connectivity index (χ2v) is 5.23. The van der Waals surface area contributed by atoms with E-state index in [1.165, 1.54) is 4.68 Å². The molecule has 0 amide bonds. The number of aromatic amines is 1. The van der Waals surface area contributed by atoms with Gasteiger partial charge in [0.1, 0.15) is 11.5 Å². The number of nitrogens with zero attached hydrogens (tertiary/aromatic N) is 1. The predicted molar refractivity (Wildman–Crippen MR) is 94.3 cm³/mol. The van der Waals surface area contributed by atoms with Crippen LogP contribution >= 0.6 is 0 Å². The molecular formula is C19H18N2O3. The van der Waals surface area contributed by atoms with Crippen molar-refractivity contribution in [3.05, 3.63) is 75.0 Å². The molecule has 0 bridgehead atoms. The molecule has 1 N–H and O–H groups in total. The van der Waals surface area contributed by atoms with Crippen molar-refractivity contribution in [1.82, 2.24) is 9.78 Å². The van der Waals surface area contributed by atoms with Crippen molar-refractivity contribution in [2.45, 2.75) is 0 Å². The topological polar surface area (TPSA) is 56.2 Å². The molecule has 0 spiro atoms. The van der Waals surface area contributed by atoms with Crippen LogP contribution in [0.1, 0.15) is 5.56 Å². The Labute approximate surface area is 139 Å². The quantitative estimate of drug-likeness (QED) is 0.790. The summed E-state index contributed by atoms with van der Waals surface area (Å²) in [6.45, 7) is 3.94. The Kier molecular flexibility index (Phi) is 4.24. The van der Waals surface area contributed by atoms with E-state index in [0.29, 0.717) is 22.1 Å². The maximum Gasteiger partial charge on any atom is 0.279 e. The molecule has 24 heavy (non-hydrogen) atoms. The first kappa shape index (κ1) is 15.7. The molecule has 0 saturated carbocycles. The SMILES string of the molecule is C=c1[nH]n(-c2ccccc2)c(=O)c1=Cc1cc(OC)ccc1OC. The van der Waals surface area contributed by atoms with Gasteiger partial charge in [-0.25, -0.2) is 4.68 Å². The fraction of sp³-hybridized carbons (Fsp3) is 0.105. The average Bonchev–Trinajstić information content (AvgIpc) is 2.90. The molecule has 0 aliphatic carbocycles. The van der Waals surface area contributed by atoms with Crippen LogP contribution in [0.2, 0.25) is 0 Å². The molecule has 5 heteroatoms. The molecule has 0 atom stereocenters. The molecule has 2 aromatic carbocycles. The van der Waals surface area contributed by atoms with Crippen LogP contribution in [0.15, 0.2) is 53.3 Å². The van der Waals surface area contributed by atoms with E-state index in [2.05, 4.69) is 11.7 Å². The zero-order valence-electron chi connectivity index (χ0n) is 13.6. The molecule has 1 heterocycles. The Bertz CT molecular complexity index is 1020. The highest BCUT2D eigenvalue weighted by molar-refractivity contribution is 5.59. The molecule has 0 aliphatic rings. The van der Waals surface area contributed by atoms with Crippen molar-refractivity contribution in [3.63, 3.8) is 0 Å². The van der Waals surface area contributed by atoms with Crippen molar-refractivity contribution in [2.75, 3.05) is 14.2 Å². The van der Waals surface area contributed by atoms with Gasteiger partial charge in [-0.1, -0.05) is 24.8 Å². The van der Waals surface area contributed by atoms with E-state index < -0.39 is 0 Å². The normalized spacial score (nSPS) is 11.5. The van der Waals surface area contributed by atoms with Crippen LogP contribution in [0.4, 0.5) is 0 Å². The maximum atomic E-state index is 12.7. The Morgan fingerprint density at radius 1 is 1.08 bits per heavy atom. The van der Waals surface area contributed by atoms with E-state index in [9.17, 15) is 4.79 Å². The van der Waals surface area contributed by atoms with Crippen molar-refractivity contribution >= 4 is 12.7 Å². The molecule has 0 aliphatic heterocycles. The van der Waals surface area contributed by atoms with Crippen LogP contribution in [0.3, 0.4) is 0 Å². The first-order valence-electron chi connectivity index (χ1n) is 7.43. The van der Waals surface area contributed by atoms with Crippen molar-refractivity contribution in [2.24, 2.45) is 0 Å². The van der Waals surface area contributed by atoms with E-state index in [4.69, 9.17) is 9.47 Å². The van der Waals surface area contributed by atoms with Gasteiger partial charge < -0.3 is 9.47 Å². The maximum absolute atomic E-state index is 12.7. The summed E-state index contributed by atoms with van der Waals surface area (Å²) >= 11 is 0. The monoisotopic (exact) mass is 322 g/mol. The summed E-state index contributed by atoms with van der Waals surface area (Å²) in [6.07, 6.45) is 1.75. The minimum atomic E-state index is -0.170. The Hall–Kier alpha value is -3.21. The van der Waals surface area contributed by atoms with Crippen LogP contribution < -0.4 is 25.6 Å². The molecular weight excluding hydrogens is 304 g/mol. The average molecular weight is 322 g/mol. The third-order valence-electron chi connectivity index (χ3n) is 3.76. The molecule has 0 unspecified atom stereocenters. The van der Waals surface area contributed by atoms with Gasteiger partial charge in [0.05, 0.1) is 30.5 Å². The molecule has 0 radical (unpaired) electrons. The van der Waals surface area contributed by atoms with Crippen LogP contribution in [0, 0.1) is 0 Å². The van der Waals surface area contributed by atoms with Crippen LogP contribution in [0.5, 0.6) is 11.5 Å². The van der Waals surface area contributed by atoms with Gasteiger partial charge >= 0.3 is 0 Å². The largest absolute Gasteiger partial charge is 0.497 e. The highest BCUT2D eigenvalue weighted by atomic mass is 16.5. The number of rotatable bonds is 4. The van der Waals surface area contributed by atoms with Gasteiger partial charge in [-0.2, -0.15) is 0 Å². The van der Waals surface area contributed by atoms with E-state index in [0.717, 1.165) is 11.3 Å². The highest BCUT2D eigenvalue weighted by Crippen LogP contribution is 2.24. The number of ether oxygens (including phenoxy) is 2. The number of H-pyrrole nitrogens is 1. The molecule has 3 aromatic rings. The van der Waals surface area contributed by atoms with Gasteiger partial charge in [0, 0.05) is 5.56 Å². The molecule has 0 fully saturated rings. The number of nitrogens with one attached hydrogen (secondary N) is 1. The Morgan fingerprint density at radius 2 is 1.83 bits per heavy atom. The molecule has 1 aromatic heterocycles. The summed E-state index contributed by atoms with van der Waals surface area (Å²) in [5, 5.41) is 4.02. The number of hydrogen-bond acceptors (Lipinski definition) is 3. The molecule has 5 nitrogen and oxygen atoms in total. The second kappa shape index (κ2) is 6.50. The van der Waals surface area contributed by atoms with Crippen molar-refractivity contribution in [3.8, 4) is 17.2 Å². The summed E-state index contributed by atoms with van der Waals surface area (Å²) in [6, 6.07) is 14.8. The summed E-state index contributed by atoms with van der Waals surface area (Å²) in [5.41, 5.74) is 1.33. The van der Waals surface area contributed by atoms with Crippen molar-refractivity contribution in [1.29, 1.82) is 0 Å². The number of methoxy groups -OCH3 is 2. The zero-order chi connectivity index (χ0) is 17.1. The van der Waals surface area contributed by atoms with Gasteiger partial charge in [-0.05, 0) is 36.4 Å². The van der Waals surface area contributed by atoms with Crippen molar-refractivity contribution < 1.29 is 9.47 Å². The lowest BCUT2D eigenvalue weighted by molar-refractivity contribution is 0.402. The van der Waals surface area contributed by atoms with Crippen LogP contribution in [-0.2, 0) is 0 Å². The lowest BCUT2D eigenvalue weighted by Crippen LogP contribution is -2.34. The summed E-state index contributed by atoms with van der Waals surface area (Å²) < 4.78 is 12.1. The van der Waals surface area contributed by atoms with Gasteiger partial charge in [0.2, 0.25) is 0 Å². The second-order valence-electron chi connectivity index (χ2n) is 5.23. The Balaban J connectivity index is 2.21. The first-order valence-corrected chi connectivity index (χ1v) is 7.43. The van der Waals surface area contributed by atoms with Gasteiger partial charge in [-0.3, -0.25) is 9.89 Å². The number of para-hydroxylation sites is 1. The molecule has 0 saturated heterocycles. The molecule has 122 valence electrons.